The van der Waals surface area contributed by atoms with Crippen LogP contribution in [0.2, 0.25) is 0 Å². The number of thioether (sulfide) groups is 1. The Morgan fingerprint density at radius 3 is 2.42 bits per heavy atom. The first-order chi connectivity index (χ1) is 9.20. The van der Waals surface area contributed by atoms with Crippen LogP contribution in [0.15, 0.2) is 23.6 Å². The lowest BCUT2D eigenvalue weighted by atomic mass is 10.1. The topological polar surface area (TPSA) is 46.2 Å². The van der Waals surface area contributed by atoms with E-state index in [2.05, 4.69) is 12.2 Å². The van der Waals surface area contributed by atoms with E-state index in [-0.39, 0.29) is 11.0 Å². The highest BCUT2D eigenvalue weighted by molar-refractivity contribution is 8.16. The fourth-order valence-corrected chi connectivity index (χ4v) is 2.05. The van der Waals surface area contributed by atoms with Gasteiger partial charge in [-0.25, -0.2) is 0 Å². The van der Waals surface area contributed by atoms with Crippen molar-refractivity contribution in [3.8, 4) is 0 Å². The Bertz CT molecular complexity index is 311. The maximum absolute atomic E-state index is 11.4. The van der Waals surface area contributed by atoms with Crippen molar-refractivity contribution < 1.29 is 9.59 Å². The van der Waals surface area contributed by atoms with Crippen LogP contribution in [0.4, 0.5) is 0 Å². The molecule has 0 saturated heterocycles. The van der Waals surface area contributed by atoms with E-state index in [9.17, 15) is 9.59 Å². The van der Waals surface area contributed by atoms with Gasteiger partial charge in [-0.05, 0) is 24.8 Å². The molecule has 0 aliphatic rings. The lowest BCUT2D eigenvalue weighted by Crippen LogP contribution is -2.21. The lowest BCUT2D eigenvalue weighted by Gasteiger charge is -2.02. The zero-order valence-corrected chi connectivity index (χ0v) is 12.8. The Morgan fingerprint density at radius 2 is 1.74 bits per heavy atom. The fraction of sp³-hybridized carbons (Fsp3) is 0.600. The van der Waals surface area contributed by atoms with Crippen LogP contribution in [0, 0.1) is 0 Å². The van der Waals surface area contributed by atoms with Gasteiger partial charge in [0.1, 0.15) is 0 Å². The van der Waals surface area contributed by atoms with Crippen molar-refractivity contribution in [2.24, 2.45) is 0 Å². The smallest absolute Gasteiger partial charge is 0.244 e. The Hall–Kier alpha value is -1.03. The van der Waals surface area contributed by atoms with Crippen molar-refractivity contribution in [3.63, 3.8) is 0 Å². The van der Waals surface area contributed by atoms with Crippen LogP contribution in [0.1, 0.15) is 52.4 Å². The third-order valence-electron chi connectivity index (χ3n) is 2.54. The summed E-state index contributed by atoms with van der Waals surface area (Å²) in [5.41, 5.74) is 0. The lowest BCUT2D eigenvalue weighted by molar-refractivity contribution is -0.116. The second-order valence-corrected chi connectivity index (χ2v) is 5.21. The molecule has 0 radical (unpaired) electrons. The monoisotopic (exact) mass is 283 g/mol. The third kappa shape index (κ3) is 13.2. The van der Waals surface area contributed by atoms with E-state index < -0.39 is 0 Å². The molecule has 0 atom stereocenters. The van der Waals surface area contributed by atoms with Crippen LogP contribution in [0.3, 0.4) is 0 Å². The molecule has 1 N–H and O–H groups in total. The number of rotatable bonds is 10. The normalized spacial score (nSPS) is 11.3. The molecule has 0 rings (SSSR count). The summed E-state index contributed by atoms with van der Waals surface area (Å²) in [6.45, 7) is 4.70. The number of carbonyl (C=O) groups excluding carboxylic acids is 2. The summed E-state index contributed by atoms with van der Waals surface area (Å²) in [4.78, 5) is 22.5. The van der Waals surface area contributed by atoms with Crippen LogP contribution in [-0.2, 0) is 9.59 Å². The van der Waals surface area contributed by atoms with Crippen molar-refractivity contribution in [1.29, 1.82) is 0 Å². The minimum absolute atomic E-state index is 0.0672. The van der Waals surface area contributed by atoms with Crippen molar-refractivity contribution in [2.75, 3.05) is 6.54 Å². The molecule has 19 heavy (non-hydrogen) atoms. The highest BCUT2D eigenvalue weighted by Crippen LogP contribution is 2.05. The molecular weight excluding hydrogens is 258 g/mol. The predicted molar refractivity (Wildman–Crippen MR) is 82.9 cm³/mol. The fourth-order valence-electron chi connectivity index (χ4n) is 1.51. The number of hydrogen-bond acceptors (Lipinski definition) is 3. The highest BCUT2D eigenvalue weighted by Gasteiger charge is 1.96. The first-order valence-electron chi connectivity index (χ1n) is 6.98. The number of amides is 1. The van der Waals surface area contributed by atoms with Gasteiger partial charge in [-0.15, -0.1) is 0 Å². The third-order valence-corrected chi connectivity index (χ3v) is 3.18. The van der Waals surface area contributed by atoms with Gasteiger partial charge in [0.25, 0.3) is 0 Å². The zero-order chi connectivity index (χ0) is 14.3. The van der Waals surface area contributed by atoms with E-state index in [1.807, 2.05) is 0 Å². The van der Waals surface area contributed by atoms with Crippen LogP contribution in [-0.4, -0.2) is 17.6 Å². The molecule has 0 aromatic rings. The van der Waals surface area contributed by atoms with Crippen LogP contribution in [0.5, 0.6) is 0 Å². The Kier molecular flexibility index (Phi) is 12.7. The first kappa shape index (κ1) is 18.0. The van der Waals surface area contributed by atoms with Crippen LogP contribution < -0.4 is 5.32 Å². The largest absolute Gasteiger partial charge is 0.353 e. The van der Waals surface area contributed by atoms with E-state index in [1.54, 1.807) is 13.0 Å². The van der Waals surface area contributed by atoms with Gasteiger partial charge < -0.3 is 5.32 Å². The molecule has 1 amide bonds. The average molecular weight is 283 g/mol. The van der Waals surface area contributed by atoms with E-state index in [0.29, 0.717) is 6.54 Å². The molecule has 0 aromatic carbocycles. The molecular formula is C15H25NO2S. The van der Waals surface area contributed by atoms with Crippen molar-refractivity contribution >= 4 is 22.8 Å². The molecule has 0 aliphatic heterocycles. The number of unbranched alkanes of at least 4 members (excludes halogenated alkanes) is 5. The highest BCUT2D eigenvalue weighted by atomic mass is 32.2. The van der Waals surface area contributed by atoms with Gasteiger partial charge in [0.15, 0.2) is 0 Å². The molecule has 0 spiro atoms. The Labute approximate surface area is 120 Å². The Morgan fingerprint density at radius 1 is 1.05 bits per heavy atom. The molecule has 3 nitrogen and oxygen atoms in total. The summed E-state index contributed by atoms with van der Waals surface area (Å²) in [5.74, 6) is -0.130. The number of hydrogen-bond donors (Lipinski definition) is 1. The number of allylic oxidation sites excluding steroid dienone is 1. The molecule has 0 unspecified atom stereocenters. The van der Waals surface area contributed by atoms with E-state index in [1.165, 1.54) is 49.7 Å². The summed E-state index contributed by atoms with van der Waals surface area (Å²) in [6, 6.07) is 0. The molecule has 0 heterocycles. The first-order valence-corrected chi connectivity index (χ1v) is 7.86. The van der Waals surface area contributed by atoms with Gasteiger partial charge in [-0.1, -0.05) is 56.9 Å². The van der Waals surface area contributed by atoms with Gasteiger partial charge in [0.2, 0.25) is 11.0 Å². The maximum atomic E-state index is 11.4. The van der Waals surface area contributed by atoms with Crippen LogP contribution >= 0.6 is 11.8 Å². The summed E-state index contributed by atoms with van der Waals surface area (Å²) >= 11 is 1.02. The summed E-state index contributed by atoms with van der Waals surface area (Å²) in [6.07, 6.45) is 11.8. The number of nitrogens with one attached hydrogen (secondary N) is 1. The molecule has 0 fully saturated rings. The van der Waals surface area contributed by atoms with Crippen molar-refractivity contribution in [1.82, 2.24) is 5.32 Å². The molecule has 108 valence electrons. The van der Waals surface area contributed by atoms with Gasteiger partial charge >= 0.3 is 0 Å². The molecule has 0 saturated carbocycles. The van der Waals surface area contributed by atoms with Crippen molar-refractivity contribution in [2.45, 2.75) is 52.4 Å². The van der Waals surface area contributed by atoms with Crippen LogP contribution in [0.25, 0.3) is 0 Å². The van der Waals surface area contributed by atoms with E-state index >= 15 is 0 Å². The predicted octanol–water partition coefficient (Wildman–Crippen LogP) is 3.81. The SMILES string of the molecule is CC=CC(=O)SC=CC(=O)NCCCCCCCC. The molecule has 0 bridgehead atoms. The maximum Gasteiger partial charge on any atom is 0.244 e. The summed E-state index contributed by atoms with van der Waals surface area (Å²) < 4.78 is 0. The standard InChI is InChI=1S/C15H25NO2S/c1-3-5-6-7-8-9-12-16-14(17)11-13-19-15(18)10-4-2/h4,10-11,13H,3,5-9,12H2,1-2H3,(H,16,17). The second kappa shape index (κ2) is 13.4. The quantitative estimate of drug-likeness (QED) is 0.490. The summed E-state index contributed by atoms with van der Waals surface area (Å²) in [5, 5.41) is 4.27. The van der Waals surface area contributed by atoms with E-state index in [4.69, 9.17) is 0 Å². The minimum atomic E-state index is -0.130. The van der Waals surface area contributed by atoms with Gasteiger partial charge in [-0.2, -0.15) is 0 Å². The number of carbonyl (C=O) groups is 2. The zero-order valence-electron chi connectivity index (χ0n) is 12.0. The van der Waals surface area contributed by atoms with Gasteiger partial charge in [0, 0.05) is 12.6 Å². The Balaban J connectivity index is 3.48. The van der Waals surface area contributed by atoms with Gasteiger partial charge in [0.05, 0.1) is 0 Å². The summed E-state index contributed by atoms with van der Waals surface area (Å²) in [7, 11) is 0. The van der Waals surface area contributed by atoms with Gasteiger partial charge in [-0.3, -0.25) is 9.59 Å². The molecule has 0 aliphatic carbocycles. The molecule has 4 heteroatoms. The minimum Gasteiger partial charge on any atom is -0.353 e. The average Bonchev–Trinajstić information content (AvgIpc) is 2.38. The van der Waals surface area contributed by atoms with E-state index in [0.717, 1.165) is 18.2 Å². The second-order valence-electron chi connectivity index (χ2n) is 4.30. The van der Waals surface area contributed by atoms with Crippen molar-refractivity contribution in [3.05, 3.63) is 23.6 Å². The molecule has 0 aromatic heterocycles.